The zero-order valence-corrected chi connectivity index (χ0v) is 18.4. The first kappa shape index (κ1) is 22.5. The van der Waals surface area contributed by atoms with Crippen molar-refractivity contribution < 1.29 is 28.3 Å². The van der Waals surface area contributed by atoms with E-state index in [1.807, 2.05) is 31.2 Å². The third-order valence-corrected chi connectivity index (χ3v) is 5.90. The molecule has 2 heterocycles. The SMILES string of the molecule is Cc1ccc(-c2cnc(CCC(=O)OCC(=O)NN3C(=O)NC4(CCCCC4)C3=O)o2)cc1. The van der Waals surface area contributed by atoms with Gasteiger partial charge < -0.3 is 14.5 Å². The van der Waals surface area contributed by atoms with Gasteiger partial charge in [0.1, 0.15) is 5.54 Å². The van der Waals surface area contributed by atoms with Gasteiger partial charge in [-0.3, -0.25) is 19.8 Å². The number of nitrogens with zero attached hydrogens (tertiary/aromatic N) is 2. The number of benzene rings is 1. The number of carbonyl (C=O) groups is 4. The van der Waals surface area contributed by atoms with Crippen molar-refractivity contribution in [2.75, 3.05) is 6.61 Å². The van der Waals surface area contributed by atoms with Gasteiger partial charge in [-0.1, -0.05) is 49.1 Å². The second-order valence-corrected chi connectivity index (χ2v) is 8.39. The standard InChI is InChI=1S/C23H26N4O6/c1-15-5-7-16(8-6-15)17-13-24-19(33-17)9-10-20(29)32-14-18(28)26-27-21(30)23(25-22(27)31)11-3-2-4-12-23/h5-8,13H,2-4,9-12,14H2,1H3,(H,25,31)(H,26,28). The maximum Gasteiger partial charge on any atom is 0.344 e. The highest BCUT2D eigenvalue weighted by Crippen LogP contribution is 2.33. The number of carbonyl (C=O) groups excluding carboxylic acids is 4. The van der Waals surface area contributed by atoms with Crippen molar-refractivity contribution in [3.05, 3.63) is 41.9 Å². The fraction of sp³-hybridized carbons (Fsp3) is 0.435. The van der Waals surface area contributed by atoms with E-state index in [2.05, 4.69) is 15.7 Å². The molecule has 1 aromatic carbocycles. The molecule has 1 saturated carbocycles. The first-order valence-electron chi connectivity index (χ1n) is 11.0. The van der Waals surface area contributed by atoms with Crippen molar-refractivity contribution in [2.24, 2.45) is 0 Å². The number of urea groups is 1. The molecule has 1 aliphatic heterocycles. The molecule has 10 heteroatoms. The largest absolute Gasteiger partial charge is 0.455 e. The van der Waals surface area contributed by atoms with Gasteiger partial charge in [0, 0.05) is 12.0 Å². The van der Waals surface area contributed by atoms with Gasteiger partial charge >= 0.3 is 12.0 Å². The molecule has 1 aromatic heterocycles. The van der Waals surface area contributed by atoms with E-state index in [0.29, 0.717) is 29.5 Å². The van der Waals surface area contributed by atoms with Crippen LogP contribution in [0.2, 0.25) is 0 Å². The second kappa shape index (κ2) is 9.43. The van der Waals surface area contributed by atoms with Crippen LogP contribution in [0.15, 0.2) is 34.9 Å². The number of hydrazine groups is 1. The predicted molar refractivity (Wildman–Crippen MR) is 115 cm³/mol. The predicted octanol–water partition coefficient (Wildman–Crippen LogP) is 2.41. The number of ether oxygens (including phenoxy) is 1. The highest BCUT2D eigenvalue weighted by atomic mass is 16.5. The third-order valence-electron chi connectivity index (χ3n) is 5.90. The lowest BCUT2D eigenvalue weighted by Gasteiger charge is -2.30. The minimum atomic E-state index is -0.938. The van der Waals surface area contributed by atoms with Crippen molar-refractivity contribution in [2.45, 2.75) is 57.4 Å². The van der Waals surface area contributed by atoms with Crippen molar-refractivity contribution in [3.8, 4) is 11.3 Å². The molecule has 4 rings (SSSR count). The fourth-order valence-electron chi connectivity index (χ4n) is 4.08. The number of esters is 1. The molecule has 4 amide bonds. The Morgan fingerprint density at radius 1 is 1.18 bits per heavy atom. The Morgan fingerprint density at radius 3 is 2.64 bits per heavy atom. The Labute approximate surface area is 190 Å². The minimum Gasteiger partial charge on any atom is -0.455 e. The molecule has 0 unspecified atom stereocenters. The maximum absolute atomic E-state index is 12.6. The van der Waals surface area contributed by atoms with E-state index in [1.165, 1.54) is 0 Å². The van der Waals surface area contributed by atoms with Crippen LogP contribution in [0.3, 0.4) is 0 Å². The van der Waals surface area contributed by atoms with E-state index < -0.39 is 36.0 Å². The smallest absolute Gasteiger partial charge is 0.344 e. The normalized spacial score (nSPS) is 17.2. The van der Waals surface area contributed by atoms with Crippen molar-refractivity contribution in [3.63, 3.8) is 0 Å². The summed E-state index contributed by atoms with van der Waals surface area (Å²) in [7, 11) is 0. The Hall–Kier alpha value is -3.69. The number of hydrogen-bond donors (Lipinski definition) is 2. The summed E-state index contributed by atoms with van der Waals surface area (Å²) in [5, 5.41) is 3.37. The molecule has 2 aromatic rings. The van der Waals surface area contributed by atoms with E-state index in [1.54, 1.807) is 6.20 Å². The van der Waals surface area contributed by atoms with Crippen LogP contribution in [0.5, 0.6) is 0 Å². The van der Waals surface area contributed by atoms with E-state index in [-0.39, 0.29) is 12.8 Å². The third kappa shape index (κ3) is 5.05. The number of nitrogens with one attached hydrogen (secondary N) is 2. The van der Waals surface area contributed by atoms with E-state index in [0.717, 1.165) is 30.4 Å². The molecule has 10 nitrogen and oxygen atoms in total. The van der Waals surface area contributed by atoms with Crippen LogP contribution >= 0.6 is 0 Å². The summed E-state index contributed by atoms with van der Waals surface area (Å²) >= 11 is 0. The maximum atomic E-state index is 12.6. The summed E-state index contributed by atoms with van der Waals surface area (Å²) in [5.74, 6) is -0.884. The van der Waals surface area contributed by atoms with Crippen molar-refractivity contribution in [1.82, 2.24) is 20.7 Å². The number of hydrogen-bond acceptors (Lipinski definition) is 7. The number of aromatic nitrogens is 1. The second-order valence-electron chi connectivity index (χ2n) is 8.39. The molecular formula is C23H26N4O6. The van der Waals surface area contributed by atoms with Gasteiger partial charge in [-0.25, -0.2) is 9.78 Å². The Kier molecular flexibility index (Phi) is 6.43. The number of amides is 4. The van der Waals surface area contributed by atoms with E-state index in [4.69, 9.17) is 9.15 Å². The highest BCUT2D eigenvalue weighted by molar-refractivity contribution is 6.08. The lowest BCUT2D eigenvalue weighted by Crippen LogP contribution is -2.51. The van der Waals surface area contributed by atoms with Crippen LogP contribution in [-0.4, -0.2) is 46.0 Å². The fourth-order valence-corrected chi connectivity index (χ4v) is 4.08. The minimum absolute atomic E-state index is 0.0344. The van der Waals surface area contributed by atoms with Gasteiger partial charge in [0.15, 0.2) is 18.3 Å². The first-order chi connectivity index (χ1) is 15.9. The van der Waals surface area contributed by atoms with Gasteiger partial charge in [-0.05, 0) is 19.8 Å². The molecular weight excluding hydrogens is 428 g/mol. The zero-order chi connectivity index (χ0) is 23.4. The molecule has 0 bridgehead atoms. The Bertz CT molecular complexity index is 1060. The number of aryl methyl sites for hydroxylation is 2. The van der Waals surface area contributed by atoms with E-state index in [9.17, 15) is 19.2 Å². The summed E-state index contributed by atoms with van der Waals surface area (Å²) in [4.78, 5) is 53.1. The lowest BCUT2D eigenvalue weighted by molar-refractivity contribution is -0.150. The number of oxazole rings is 1. The molecule has 2 N–H and O–H groups in total. The van der Waals surface area contributed by atoms with Gasteiger partial charge in [0.25, 0.3) is 11.8 Å². The van der Waals surface area contributed by atoms with Crippen LogP contribution < -0.4 is 10.7 Å². The summed E-state index contributed by atoms with van der Waals surface area (Å²) in [6, 6.07) is 7.11. The molecule has 1 spiro atoms. The number of rotatable bonds is 7. The summed E-state index contributed by atoms with van der Waals surface area (Å²) in [6.07, 6.45) is 5.54. The molecule has 0 radical (unpaired) electrons. The molecule has 1 aliphatic carbocycles. The quantitative estimate of drug-likeness (QED) is 0.485. The van der Waals surface area contributed by atoms with Gasteiger partial charge in [0.05, 0.1) is 12.6 Å². The van der Waals surface area contributed by atoms with Gasteiger partial charge in [-0.2, -0.15) is 5.01 Å². The summed E-state index contributed by atoms with van der Waals surface area (Å²) in [5.41, 5.74) is 3.31. The van der Waals surface area contributed by atoms with Crippen LogP contribution in [-0.2, 0) is 25.5 Å². The Morgan fingerprint density at radius 2 is 1.91 bits per heavy atom. The molecule has 0 atom stereocenters. The van der Waals surface area contributed by atoms with Crippen LogP contribution in [0.1, 0.15) is 50.0 Å². The van der Waals surface area contributed by atoms with Gasteiger partial charge in [-0.15, -0.1) is 0 Å². The van der Waals surface area contributed by atoms with Crippen molar-refractivity contribution >= 4 is 23.8 Å². The highest BCUT2D eigenvalue weighted by Gasteiger charge is 2.52. The van der Waals surface area contributed by atoms with Crippen LogP contribution in [0.4, 0.5) is 4.79 Å². The molecule has 2 fully saturated rings. The Balaban J connectivity index is 1.22. The molecule has 1 saturated heterocycles. The average molecular weight is 454 g/mol. The van der Waals surface area contributed by atoms with Crippen molar-refractivity contribution in [1.29, 1.82) is 0 Å². The summed E-state index contributed by atoms with van der Waals surface area (Å²) < 4.78 is 10.6. The molecule has 33 heavy (non-hydrogen) atoms. The first-order valence-corrected chi connectivity index (χ1v) is 11.0. The monoisotopic (exact) mass is 454 g/mol. The zero-order valence-electron chi connectivity index (χ0n) is 18.4. The van der Waals surface area contributed by atoms with E-state index >= 15 is 0 Å². The van der Waals surface area contributed by atoms with Crippen LogP contribution in [0, 0.1) is 6.92 Å². The number of imide groups is 1. The van der Waals surface area contributed by atoms with Gasteiger partial charge in [0.2, 0.25) is 0 Å². The average Bonchev–Trinajstić information content (AvgIpc) is 3.36. The van der Waals surface area contributed by atoms with Crippen LogP contribution in [0.25, 0.3) is 11.3 Å². The lowest BCUT2D eigenvalue weighted by atomic mass is 9.82. The topological polar surface area (TPSA) is 131 Å². The molecule has 174 valence electrons. The summed E-state index contributed by atoms with van der Waals surface area (Å²) in [6.45, 7) is 1.38. The molecule has 2 aliphatic rings.